The van der Waals surface area contributed by atoms with E-state index in [1.807, 2.05) is 6.07 Å². The van der Waals surface area contributed by atoms with Crippen molar-refractivity contribution in [1.82, 2.24) is 5.32 Å². The molecule has 2 unspecified atom stereocenters. The molecule has 1 aliphatic rings. The van der Waals surface area contributed by atoms with Crippen LogP contribution >= 0.6 is 11.6 Å². The van der Waals surface area contributed by atoms with E-state index in [2.05, 4.69) is 57.1 Å². The van der Waals surface area contributed by atoms with Crippen molar-refractivity contribution >= 4 is 17.3 Å². The molecule has 0 bridgehead atoms. The van der Waals surface area contributed by atoms with E-state index in [9.17, 15) is 0 Å². The Kier molecular flexibility index (Phi) is 4.66. The Morgan fingerprint density at radius 3 is 2.55 bits per heavy atom. The third-order valence-corrected chi connectivity index (χ3v) is 4.29. The highest BCUT2D eigenvalue weighted by Crippen LogP contribution is 2.39. The van der Waals surface area contributed by atoms with E-state index in [-0.39, 0.29) is 5.54 Å². The van der Waals surface area contributed by atoms with E-state index in [0.29, 0.717) is 0 Å². The SMILES string of the molecule is CC1CC1CN(C)c1cc(Cl)ccc1CNC(C)(C)C. The Morgan fingerprint density at radius 1 is 1.35 bits per heavy atom. The number of benzene rings is 1. The molecular formula is C17H27ClN2. The molecule has 1 aromatic rings. The van der Waals surface area contributed by atoms with E-state index >= 15 is 0 Å². The average Bonchev–Trinajstić information content (AvgIpc) is 3.02. The number of nitrogens with zero attached hydrogens (tertiary/aromatic N) is 1. The molecule has 2 atom stereocenters. The molecule has 1 N–H and O–H groups in total. The topological polar surface area (TPSA) is 15.3 Å². The largest absolute Gasteiger partial charge is 0.374 e. The van der Waals surface area contributed by atoms with Crippen molar-refractivity contribution < 1.29 is 0 Å². The van der Waals surface area contributed by atoms with Gasteiger partial charge in [0.2, 0.25) is 0 Å². The third-order valence-electron chi connectivity index (χ3n) is 4.05. The van der Waals surface area contributed by atoms with Gasteiger partial charge in [0.05, 0.1) is 0 Å². The van der Waals surface area contributed by atoms with Crippen LogP contribution in [0.15, 0.2) is 18.2 Å². The molecule has 0 aliphatic heterocycles. The number of rotatable bonds is 5. The molecule has 0 heterocycles. The van der Waals surface area contributed by atoms with Crippen molar-refractivity contribution in [1.29, 1.82) is 0 Å². The summed E-state index contributed by atoms with van der Waals surface area (Å²) in [4.78, 5) is 2.36. The molecule has 0 radical (unpaired) electrons. The minimum Gasteiger partial charge on any atom is -0.374 e. The molecule has 1 aromatic carbocycles. The minimum absolute atomic E-state index is 0.125. The van der Waals surface area contributed by atoms with Gasteiger partial charge in [0.15, 0.2) is 0 Å². The first-order valence-corrected chi connectivity index (χ1v) is 7.88. The van der Waals surface area contributed by atoms with Crippen molar-refractivity contribution in [2.45, 2.75) is 46.2 Å². The van der Waals surface area contributed by atoms with Gasteiger partial charge in [0, 0.05) is 36.4 Å². The zero-order valence-electron chi connectivity index (χ0n) is 13.3. The third kappa shape index (κ3) is 4.39. The van der Waals surface area contributed by atoms with Crippen LogP contribution in [0.1, 0.15) is 39.7 Å². The van der Waals surface area contributed by atoms with Crippen LogP contribution in [-0.2, 0) is 6.54 Å². The van der Waals surface area contributed by atoms with Gasteiger partial charge in [-0.15, -0.1) is 0 Å². The number of anilines is 1. The second-order valence-electron chi connectivity index (χ2n) is 7.23. The van der Waals surface area contributed by atoms with Crippen molar-refractivity contribution in [3.8, 4) is 0 Å². The molecule has 20 heavy (non-hydrogen) atoms. The summed E-state index contributed by atoms with van der Waals surface area (Å²) in [7, 11) is 2.18. The fraction of sp³-hybridized carbons (Fsp3) is 0.647. The molecule has 2 nitrogen and oxygen atoms in total. The lowest BCUT2D eigenvalue weighted by molar-refractivity contribution is 0.424. The van der Waals surface area contributed by atoms with Crippen molar-refractivity contribution in [2.75, 3.05) is 18.5 Å². The maximum Gasteiger partial charge on any atom is 0.0426 e. The number of halogens is 1. The Balaban J connectivity index is 2.10. The van der Waals surface area contributed by atoms with Gasteiger partial charge in [0.1, 0.15) is 0 Å². The second kappa shape index (κ2) is 5.95. The summed E-state index contributed by atoms with van der Waals surface area (Å²) in [6.07, 6.45) is 1.36. The number of nitrogens with one attached hydrogen (secondary N) is 1. The molecule has 3 heteroatoms. The average molecular weight is 295 g/mol. The van der Waals surface area contributed by atoms with Gasteiger partial charge < -0.3 is 10.2 Å². The number of hydrogen-bond donors (Lipinski definition) is 1. The van der Waals surface area contributed by atoms with Gasteiger partial charge in [-0.3, -0.25) is 0 Å². The van der Waals surface area contributed by atoms with Gasteiger partial charge in [-0.25, -0.2) is 0 Å². The first kappa shape index (κ1) is 15.7. The molecule has 112 valence electrons. The van der Waals surface area contributed by atoms with Crippen molar-refractivity contribution in [3.05, 3.63) is 28.8 Å². The molecule has 1 saturated carbocycles. The molecule has 0 spiro atoms. The fourth-order valence-corrected chi connectivity index (χ4v) is 2.67. The van der Waals surface area contributed by atoms with E-state index in [1.54, 1.807) is 0 Å². The molecule has 1 aliphatic carbocycles. The fourth-order valence-electron chi connectivity index (χ4n) is 2.51. The monoisotopic (exact) mass is 294 g/mol. The Hall–Kier alpha value is -0.730. The van der Waals surface area contributed by atoms with Crippen LogP contribution in [0.4, 0.5) is 5.69 Å². The zero-order chi connectivity index (χ0) is 14.9. The van der Waals surface area contributed by atoms with Gasteiger partial charge in [-0.2, -0.15) is 0 Å². The van der Waals surface area contributed by atoms with E-state index in [4.69, 9.17) is 11.6 Å². The molecule has 1 fully saturated rings. The quantitative estimate of drug-likeness (QED) is 0.870. The Labute approximate surface area is 128 Å². The molecule has 0 aromatic heterocycles. The number of hydrogen-bond acceptors (Lipinski definition) is 2. The molecular weight excluding hydrogens is 268 g/mol. The highest BCUT2D eigenvalue weighted by atomic mass is 35.5. The Morgan fingerprint density at radius 2 is 2.00 bits per heavy atom. The highest BCUT2D eigenvalue weighted by Gasteiger charge is 2.33. The lowest BCUT2D eigenvalue weighted by Gasteiger charge is -2.26. The normalized spacial score (nSPS) is 21.9. The maximum atomic E-state index is 6.18. The standard InChI is InChI=1S/C17H27ClN2/c1-12-8-14(12)11-20(5)16-9-15(18)7-6-13(16)10-19-17(2,3)4/h6-7,9,12,14,19H,8,10-11H2,1-5H3. The molecule has 0 saturated heterocycles. The summed E-state index contributed by atoms with van der Waals surface area (Å²) in [5, 5.41) is 4.38. The first-order chi connectivity index (χ1) is 9.26. The van der Waals surface area contributed by atoms with Crippen LogP contribution in [0.3, 0.4) is 0 Å². The maximum absolute atomic E-state index is 6.18. The van der Waals surface area contributed by atoms with Gasteiger partial charge >= 0.3 is 0 Å². The van der Waals surface area contributed by atoms with E-state index < -0.39 is 0 Å². The van der Waals surface area contributed by atoms with E-state index in [0.717, 1.165) is 29.9 Å². The molecule has 2 rings (SSSR count). The molecule has 0 amide bonds. The summed E-state index contributed by atoms with van der Waals surface area (Å²) < 4.78 is 0. The van der Waals surface area contributed by atoms with Crippen LogP contribution in [0.5, 0.6) is 0 Å². The minimum atomic E-state index is 0.125. The summed E-state index contributed by atoms with van der Waals surface area (Å²) in [5.74, 6) is 1.73. The van der Waals surface area contributed by atoms with Gasteiger partial charge in [0.25, 0.3) is 0 Å². The Bertz CT molecular complexity index is 465. The first-order valence-electron chi connectivity index (χ1n) is 7.51. The van der Waals surface area contributed by atoms with Crippen LogP contribution in [0.2, 0.25) is 5.02 Å². The van der Waals surface area contributed by atoms with Gasteiger partial charge in [-0.05, 0) is 56.7 Å². The highest BCUT2D eigenvalue weighted by molar-refractivity contribution is 6.30. The summed E-state index contributed by atoms with van der Waals surface area (Å²) in [5.41, 5.74) is 2.70. The summed E-state index contributed by atoms with van der Waals surface area (Å²) in [6, 6.07) is 6.22. The van der Waals surface area contributed by atoms with Crippen LogP contribution in [0, 0.1) is 11.8 Å². The van der Waals surface area contributed by atoms with Crippen molar-refractivity contribution in [2.24, 2.45) is 11.8 Å². The van der Waals surface area contributed by atoms with Crippen LogP contribution < -0.4 is 10.2 Å². The van der Waals surface area contributed by atoms with Crippen molar-refractivity contribution in [3.63, 3.8) is 0 Å². The van der Waals surface area contributed by atoms with Crippen LogP contribution in [-0.4, -0.2) is 19.1 Å². The summed E-state index contributed by atoms with van der Waals surface area (Å²) in [6.45, 7) is 10.9. The predicted molar refractivity (Wildman–Crippen MR) is 88.6 cm³/mol. The van der Waals surface area contributed by atoms with Gasteiger partial charge in [-0.1, -0.05) is 24.6 Å². The lowest BCUT2D eigenvalue weighted by Crippen LogP contribution is -2.35. The van der Waals surface area contributed by atoms with E-state index in [1.165, 1.54) is 17.7 Å². The zero-order valence-corrected chi connectivity index (χ0v) is 14.1. The predicted octanol–water partition coefficient (Wildman–Crippen LogP) is 4.32. The summed E-state index contributed by atoms with van der Waals surface area (Å²) >= 11 is 6.18. The lowest BCUT2D eigenvalue weighted by atomic mass is 10.1. The van der Waals surface area contributed by atoms with Crippen LogP contribution in [0.25, 0.3) is 0 Å². The second-order valence-corrected chi connectivity index (χ2v) is 7.67. The smallest absolute Gasteiger partial charge is 0.0426 e.